The van der Waals surface area contributed by atoms with Crippen LogP contribution in [-0.4, -0.2) is 30.3 Å². The van der Waals surface area contributed by atoms with Gasteiger partial charge in [-0.15, -0.1) is 0 Å². The Morgan fingerprint density at radius 3 is 2.00 bits per heavy atom. The summed E-state index contributed by atoms with van der Waals surface area (Å²) in [6, 6.07) is 1.69. The maximum atomic E-state index is 10.1. The average Bonchev–Trinajstić information content (AvgIpc) is 2.40. The van der Waals surface area contributed by atoms with E-state index >= 15 is 0 Å². The van der Waals surface area contributed by atoms with Crippen LogP contribution >= 0.6 is 0 Å². The predicted molar refractivity (Wildman–Crippen MR) is 68.1 cm³/mol. The molecule has 0 heterocycles. The highest BCUT2D eigenvalue weighted by atomic mass is 16.5. The number of hydrogen-bond acceptors (Lipinski definition) is 5. The first-order valence-electron chi connectivity index (χ1n) is 4.84. The minimum Gasteiger partial charge on any atom is -0.463 e. The van der Waals surface area contributed by atoms with Gasteiger partial charge in [-0.2, -0.15) is 5.26 Å². The molecule has 0 rings (SSSR count). The second kappa shape index (κ2) is 20.1. The van der Waals surface area contributed by atoms with Crippen molar-refractivity contribution in [2.75, 3.05) is 13.3 Å². The van der Waals surface area contributed by atoms with Crippen molar-refractivity contribution >= 4 is 11.9 Å². The maximum absolute atomic E-state index is 10.1. The summed E-state index contributed by atoms with van der Waals surface area (Å²) in [6.45, 7) is 11.3. The Bertz CT molecular complexity index is 284. The molecule has 0 saturated carbocycles. The Kier molecular flexibility index (Phi) is 23.4. The molecule has 6 nitrogen and oxygen atoms in total. The van der Waals surface area contributed by atoms with Crippen LogP contribution < -0.4 is 5.32 Å². The molecule has 0 bridgehead atoms. The van der Waals surface area contributed by atoms with Gasteiger partial charge in [0.05, 0.1) is 12.7 Å². The molecule has 100 valence electrons. The van der Waals surface area contributed by atoms with Crippen molar-refractivity contribution in [1.82, 2.24) is 5.32 Å². The number of rotatable bonds is 4. The molecule has 0 saturated heterocycles. The summed E-state index contributed by atoms with van der Waals surface area (Å²) in [7, 11) is 0. The van der Waals surface area contributed by atoms with Crippen molar-refractivity contribution in [1.29, 1.82) is 5.26 Å². The fraction of sp³-hybridized carbons (Fsp3) is 0.250. The van der Waals surface area contributed by atoms with Gasteiger partial charge in [-0.1, -0.05) is 19.7 Å². The second-order valence-corrected chi connectivity index (χ2v) is 2.19. The monoisotopic (exact) mass is 254 g/mol. The molecule has 0 unspecified atom stereocenters. The van der Waals surface area contributed by atoms with E-state index in [-0.39, 0.29) is 18.6 Å². The molecule has 0 aliphatic carbocycles. The fourth-order valence-electron chi connectivity index (χ4n) is 0.351. The second-order valence-electron chi connectivity index (χ2n) is 2.19. The Morgan fingerprint density at radius 2 is 1.89 bits per heavy atom. The summed E-state index contributed by atoms with van der Waals surface area (Å²) in [5.41, 5.74) is 0. The van der Waals surface area contributed by atoms with Crippen molar-refractivity contribution in [2.45, 2.75) is 6.92 Å². The molecule has 1 amide bonds. The van der Waals surface area contributed by atoms with Crippen molar-refractivity contribution in [3.8, 4) is 6.07 Å². The zero-order valence-electron chi connectivity index (χ0n) is 10.4. The van der Waals surface area contributed by atoms with Crippen LogP contribution in [0.25, 0.3) is 0 Å². The van der Waals surface area contributed by atoms with Gasteiger partial charge in [0.1, 0.15) is 6.73 Å². The highest BCUT2D eigenvalue weighted by Gasteiger charge is 1.86. The van der Waals surface area contributed by atoms with Crippen LogP contribution in [-0.2, 0) is 14.3 Å². The molecule has 0 fully saturated rings. The standard InChI is InChI=1S/C5H8O2.C4H7NO2.C3H3N/c1-3-5(6)7-4-2;1-2-4(7)5-3-6;1-2-3-4/h3H,1,4H2,2H3;2,6H,1,3H2,(H,5,7);2H,1H2. The van der Waals surface area contributed by atoms with Gasteiger partial charge in [0.25, 0.3) is 0 Å². The van der Waals surface area contributed by atoms with Crippen molar-refractivity contribution < 1.29 is 19.4 Å². The minimum atomic E-state index is -0.359. The Hall–Kier alpha value is -2.39. The summed E-state index contributed by atoms with van der Waals surface area (Å²) in [5.74, 6) is -0.718. The van der Waals surface area contributed by atoms with E-state index in [1.807, 2.05) is 0 Å². The fourth-order valence-corrected chi connectivity index (χ4v) is 0.351. The van der Waals surface area contributed by atoms with Crippen LogP contribution in [0, 0.1) is 11.3 Å². The van der Waals surface area contributed by atoms with Gasteiger partial charge in [0.15, 0.2) is 0 Å². The van der Waals surface area contributed by atoms with Crippen molar-refractivity contribution in [3.63, 3.8) is 0 Å². The number of hydrogen-bond donors (Lipinski definition) is 2. The van der Waals surface area contributed by atoms with Gasteiger partial charge >= 0.3 is 5.97 Å². The number of nitrogens with zero attached hydrogens (tertiary/aromatic N) is 1. The normalized spacial score (nSPS) is 6.72. The molecule has 0 aliphatic rings. The van der Waals surface area contributed by atoms with E-state index in [9.17, 15) is 9.59 Å². The Morgan fingerprint density at radius 1 is 1.39 bits per heavy atom. The van der Waals surface area contributed by atoms with E-state index in [1.54, 1.807) is 13.0 Å². The highest BCUT2D eigenvalue weighted by molar-refractivity contribution is 5.86. The van der Waals surface area contributed by atoms with E-state index in [1.165, 1.54) is 6.08 Å². The van der Waals surface area contributed by atoms with Crippen LogP contribution in [0.5, 0.6) is 0 Å². The third-order valence-electron chi connectivity index (χ3n) is 0.983. The molecule has 6 heteroatoms. The Balaban J connectivity index is -0.000000196. The molecule has 0 radical (unpaired) electrons. The summed E-state index contributed by atoms with van der Waals surface area (Å²) >= 11 is 0. The number of nitriles is 1. The van der Waals surface area contributed by atoms with E-state index in [2.05, 4.69) is 29.8 Å². The van der Waals surface area contributed by atoms with Gasteiger partial charge in [0, 0.05) is 12.2 Å². The van der Waals surface area contributed by atoms with Crippen LogP contribution in [0.1, 0.15) is 6.92 Å². The van der Waals surface area contributed by atoms with Crippen molar-refractivity contribution in [3.05, 3.63) is 38.0 Å². The van der Waals surface area contributed by atoms with Crippen molar-refractivity contribution in [2.24, 2.45) is 0 Å². The summed E-state index contributed by atoms with van der Waals surface area (Å²) in [5, 5.41) is 17.6. The summed E-state index contributed by atoms with van der Waals surface area (Å²) in [4.78, 5) is 20.1. The van der Waals surface area contributed by atoms with E-state index in [4.69, 9.17) is 10.4 Å². The molecule has 0 aromatic carbocycles. The molecule has 0 atom stereocenters. The third kappa shape index (κ3) is 29.2. The quantitative estimate of drug-likeness (QED) is 0.332. The first kappa shape index (κ1) is 21.0. The van der Waals surface area contributed by atoms with Gasteiger partial charge in [-0.05, 0) is 13.0 Å². The molecule has 0 aliphatic heterocycles. The van der Waals surface area contributed by atoms with Crippen LogP contribution in [0.15, 0.2) is 38.0 Å². The number of carbonyl (C=O) groups is 2. The number of carbonyl (C=O) groups excluding carboxylic acids is 2. The first-order chi connectivity index (χ1) is 8.53. The lowest BCUT2D eigenvalue weighted by Crippen LogP contribution is -2.20. The topological polar surface area (TPSA) is 99.4 Å². The molecule has 2 N–H and O–H groups in total. The van der Waals surface area contributed by atoms with Gasteiger partial charge in [0.2, 0.25) is 5.91 Å². The Labute approximate surface area is 107 Å². The number of ether oxygens (including phenoxy) is 1. The molecule has 0 aromatic heterocycles. The van der Waals surface area contributed by atoms with Gasteiger partial charge < -0.3 is 15.2 Å². The molecular formula is C12H18N2O4. The first-order valence-corrected chi connectivity index (χ1v) is 4.84. The number of allylic oxidation sites excluding steroid dienone is 1. The maximum Gasteiger partial charge on any atom is 0.330 e. The predicted octanol–water partition coefficient (Wildman–Crippen LogP) is 0.670. The van der Waals surface area contributed by atoms with Crippen LogP contribution in [0.3, 0.4) is 0 Å². The van der Waals surface area contributed by atoms with E-state index < -0.39 is 0 Å². The molecule has 18 heavy (non-hydrogen) atoms. The summed E-state index contributed by atoms with van der Waals surface area (Å²) in [6.07, 6.45) is 3.42. The molecular weight excluding hydrogens is 236 g/mol. The number of esters is 1. The van der Waals surface area contributed by atoms with E-state index in [0.717, 1.165) is 12.2 Å². The largest absolute Gasteiger partial charge is 0.463 e. The summed E-state index contributed by atoms with van der Waals surface area (Å²) < 4.78 is 4.43. The average molecular weight is 254 g/mol. The van der Waals surface area contributed by atoms with Gasteiger partial charge in [-0.3, -0.25) is 4.79 Å². The molecule has 0 spiro atoms. The highest BCUT2D eigenvalue weighted by Crippen LogP contribution is 1.74. The number of nitrogens with one attached hydrogen (secondary N) is 1. The van der Waals surface area contributed by atoms with E-state index in [0.29, 0.717) is 6.61 Å². The van der Waals surface area contributed by atoms with Crippen LogP contribution in [0.4, 0.5) is 0 Å². The number of amides is 1. The SMILES string of the molecule is C=CC#N.C=CC(=O)NCO.C=CC(=O)OCC. The third-order valence-corrected chi connectivity index (χ3v) is 0.983. The number of aliphatic hydroxyl groups excluding tert-OH is 1. The smallest absolute Gasteiger partial charge is 0.330 e. The zero-order valence-corrected chi connectivity index (χ0v) is 10.4. The lowest BCUT2D eigenvalue weighted by atomic mass is 10.6. The number of aliphatic hydroxyl groups is 1. The minimum absolute atomic E-state index is 0.329. The lowest BCUT2D eigenvalue weighted by Gasteiger charge is -1.90. The lowest BCUT2D eigenvalue weighted by molar-refractivity contribution is -0.137. The molecule has 0 aromatic rings. The van der Waals surface area contributed by atoms with Gasteiger partial charge in [-0.25, -0.2) is 4.79 Å². The van der Waals surface area contributed by atoms with Crippen LogP contribution in [0.2, 0.25) is 0 Å². The zero-order chi connectivity index (χ0) is 14.8.